The van der Waals surface area contributed by atoms with Crippen molar-refractivity contribution in [2.24, 2.45) is 0 Å². The molecular formula is C17H22N4O2S. The molecule has 1 N–H and O–H groups in total. The zero-order chi connectivity index (χ0) is 16.8. The minimum Gasteiger partial charge on any atom is -0.373 e. The van der Waals surface area contributed by atoms with Crippen molar-refractivity contribution >= 4 is 17.4 Å². The predicted octanol–water partition coefficient (Wildman–Crippen LogP) is 1.95. The number of nitrogens with zero attached hydrogens (tertiary/aromatic N) is 3. The summed E-state index contributed by atoms with van der Waals surface area (Å²) in [7, 11) is 0. The molecule has 1 aliphatic rings. The SMILES string of the molecule is CC[C@@H](NC(=O)c1csnn1)[C@H]1CN(Cc2ccccc2)CCO1. The third-order valence-corrected chi connectivity index (χ3v) is 4.73. The number of nitrogens with one attached hydrogen (secondary N) is 1. The van der Waals surface area contributed by atoms with Crippen molar-refractivity contribution in [3.05, 3.63) is 47.0 Å². The van der Waals surface area contributed by atoms with Crippen LogP contribution in [0.1, 0.15) is 29.4 Å². The second-order valence-corrected chi connectivity index (χ2v) is 6.52. The van der Waals surface area contributed by atoms with Crippen LogP contribution in [0.4, 0.5) is 0 Å². The molecule has 0 spiro atoms. The lowest BCUT2D eigenvalue weighted by Crippen LogP contribution is -2.53. The molecule has 0 unspecified atom stereocenters. The quantitative estimate of drug-likeness (QED) is 0.866. The highest BCUT2D eigenvalue weighted by molar-refractivity contribution is 7.03. The summed E-state index contributed by atoms with van der Waals surface area (Å²) in [6.45, 7) is 5.36. The standard InChI is InChI=1S/C17H22N4O2S/c1-2-14(18-17(22)15-12-24-20-19-15)16-11-21(8-9-23-16)10-13-6-4-3-5-7-13/h3-7,12,14,16H,2,8-11H2,1H3,(H,18,22)/t14-,16-/m1/s1. The number of aromatic nitrogens is 2. The van der Waals surface area contributed by atoms with E-state index in [2.05, 4.69) is 51.0 Å². The van der Waals surface area contributed by atoms with Gasteiger partial charge in [0.1, 0.15) is 0 Å². The molecule has 1 aromatic heterocycles. The minimum absolute atomic E-state index is 0.0111. The van der Waals surface area contributed by atoms with E-state index in [9.17, 15) is 4.79 Å². The Hall–Kier alpha value is -1.83. The van der Waals surface area contributed by atoms with E-state index in [1.54, 1.807) is 5.38 Å². The van der Waals surface area contributed by atoms with Crippen molar-refractivity contribution in [3.63, 3.8) is 0 Å². The van der Waals surface area contributed by atoms with E-state index >= 15 is 0 Å². The van der Waals surface area contributed by atoms with Crippen LogP contribution in [-0.4, -0.2) is 52.2 Å². The third-order valence-electron chi connectivity index (χ3n) is 4.22. The molecule has 2 heterocycles. The Kier molecular flexibility index (Phi) is 5.90. The first-order valence-electron chi connectivity index (χ1n) is 8.22. The topological polar surface area (TPSA) is 67.4 Å². The average molecular weight is 346 g/mol. The normalized spacial score (nSPS) is 19.8. The number of amides is 1. The van der Waals surface area contributed by atoms with Gasteiger partial charge >= 0.3 is 0 Å². The molecule has 0 bridgehead atoms. The van der Waals surface area contributed by atoms with E-state index in [1.807, 2.05) is 6.07 Å². The van der Waals surface area contributed by atoms with Crippen molar-refractivity contribution in [3.8, 4) is 0 Å². The number of ether oxygens (including phenoxy) is 1. The van der Waals surface area contributed by atoms with Crippen LogP contribution in [0.25, 0.3) is 0 Å². The van der Waals surface area contributed by atoms with Gasteiger partial charge in [-0.2, -0.15) is 0 Å². The van der Waals surface area contributed by atoms with E-state index in [4.69, 9.17) is 4.74 Å². The summed E-state index contributed by atoms with van der Waals surface area (Å²) >= 11 is 1.18. The van der Waals surface area contributed by atoms with Crippen LogP contribution in [0, 0.1) is 0 Å². The molecule has 0 aliphatic carbocycles. The van der Waals surface area contributed by atoms with Crippen LogP contribution in [0.3, 0.4) is 0 Å². The van der Waals surface area contributed by atoms with Gasteiger partial charge in [-0.3, -0.25) is 9.69 Å². The summed E-state index contributed by atoms with van der Waals surface area (Å²) in [5.41, 5.74) is 1.67. The molecule has 1 amide bonds. The molecule has 7 heteroatoms. The smallest absolute Gasteiger partial charge is 0.273 e. The van der Waals surface area contributed by atoms with Crippen LogP contribution in [0.15, 0.2) is 35.7 Å². The number of carbonyl (C=O) groups is 1. The molecule has 1 aromatic carbocycles. The zero-order valence-corrected chi connectivity index (χ0v) is 14.5. The van der Waals surface area contributed by atoms with Crippen molar-refractivity contribution in [2.75, 3.05) is 19.7 Å². The number of morpholine rings is 1. The number of carbonyl (C=O) groups excluding carboxylic acids is 1. The summed E-state index contributed by atoms with van der Waals surface area (Å²) in [5.74, 6) is -0.181. The lowest BCUT2D eigenvalue weighted by atomic mass is 10.1. The molecule has 3 rings (SSSR count). The van der Waals surface area contributed by atoms with Gasteiger partial charge in [0.15, 0.2) is 5.69 Å². The molecule has 0 radical (unpaired) electrons. The molecule has 24 heavy (non-hydrogen) atoms. The van der Waals surface area contributed by atoms with Crippen LogP contribution < -0.4 is 5.32 Å². The molecule has 128 valence electrons. The first-order chi connectivity index (χ1) is 11.8. The lowest BCUT2D eigenvalue weighted by molar-refractivity contribution is -0.0483. The van der Waals surface area contributed by atoms with Gasteiger partial charge in [0.25, 0.3) is 5.91 Å². The Labute approximate surface area is 146 Å². The maximum atomic E-state index is 12.2. The molecule has 1 fully saturated rings. The predicted molar refractivity (Wildman–Crippen MR) is 92.9 cm³/mol. The maximum absolute atomic E-state index is 12.2. The first-order valence-corrected chi connectivity index (χ1v) is 9.05. The Bertz CT molecular complexity index is 635. The Morgan fingerprint density at radius 1 is 1.46 bits per heavy atom. The molecule has 0 saturated carbocycles. The van der Waals surface area contributed by atoms with Crippen molar-refractivity contribution in [1.29, 1.82) is 0 Å². The largest absolute Gasteiger partial charge is 0.373 e. The molecule has 2 aromatic rings. The van der Waals surface area contributed by atoms with E-state index in [1.165, 1.54) is 17.1 Å². The fourth-order valence-corrected chi connectivity index (χ4v) is 3.36. The van der Waals surface area contributed by atoms with Gasteiger partial charge in [0.2, 0.25) is 0 Å². The summed E-state index contributed by atoms with van der Waals surface area (Å²) in [6, 6.07) is 10.4. The summed E-state index contributed by atoms with van der Waals surface area (Å²) in [6.07, 6.45) is 0.802. The average Bonchev–Trinajstić information content (AvgIpc) is 3.15. The van der Waals surface area contributed by atoms with Crippen LogP contribution >= 0.6 is 11.5 Å². The number of benzene rings is 1. The number of hydrogen-bond donors (Lipinski definition) is 1. The van der Waals surface area contributed by atoms with Gasteiger partial charge in [-0.25, -0.2) is 0 Å². The second-order valence-electron chi connectivity index (χ2n) is 5.91. The van der Waals surface area contributed by atoms with E-state index in [-0.39, 0.29) is 18.1 Å². The molecule has 6 nitrogen and oxygen atoms in total. The van der Waals surface area contributed by atoms with Gasteiger partial charge in [-0.1, -0.05) is 41.7 Å². The third kappa shape index (κ3) is 4.37. The fraction of sp³-hybridized carbons (Fsp3) is 0.471. The summed E-state index contributed by atoms with van der Waals surface area (Å²) in [4.78, 5) is 14.6. The van der Waals surface area contributed by atoms with Gasteiger partial charge in [0, 0.05) is 25.0 Å². The highest BCUT2D eigenvalue weighted by Gasteiger charge is 2.29. The first kappa shape index (κ1) is 17.0. The van der Waals surface area contributed by atoms with Gasteiger partial charge in [0.05, 0.1) is 18.8 Å². The minimum atomic E-state index is -0.181. The van der Waals surface area contributed by atoms with Gasteiger partial charge in [-0.15, -0.1) is 5.10 Å². The van der Waals surface area contributed by atoms with E-state index in [0.717, 1.165) is 26.1 Å². The Morgan fingerprint density at radius 2 is 2.29 bits per heavy atom. The van der Waals surface area contributed by atoms with Crippen LogP contribution in [0.5, 0.6) is 0 Å². The van der Waals surface area contributed by atoms with Gasteiger partial charge in [-0.05, 0) is 23.5 Å². The zero-order valence-electron chi connectivity index (χ0n) is 13.7. The fourth-order valence-electron chi connectivity index (χ4n) is 2.92. The van der Waals surface area contributed by atoms with E-state index in [0.29, 0.717) is 12.3 Å². The van der Waals surface area contributed by atoms with Crippen LogP contribution in [0.2, 0.25) is 0 Å². The number of rotatable bonds is 6. The van der Waals surface area contributed by atoms with E-state index < -0.39 is 0 Å². The lowest BCUT2D eigenvalue weighted by Gasteiger charge is -2.37. The number of hydrogen-bond acceptors (Lipinski definition) is 6. The van der Waals surface area contributed by atoms with Crippen molar-refractivity contribution in [1.82, 2.24) is 19.8 Å². The molecule has 2 atom stereocenters. The Balaban J connectivity index is 1.58. The Morgan fingerprint density at radius 3 is 3.00 bits per heavy atom. The monoisotopic (exact) mass is 346 g/mol. The molecular weight excluding hydrogens is 324 g/mol. The van der Waals surface area contributed by atoms with Crippen molar-refractivity contribution < 1.29 is 9.53 Å². The highest BCUT2D eigenvalue weighted by atomic mass is 32.1. The maximum Gasteiger partial charge on any atom is 0.273 e. The van der Waals surface area contributed by atoms with Crippen molar-refractivity contribution in [2.45, 2.75) is 32.0 Å². The van der Waals surface area contributed by atoms with Gasteiger partial charge < -0.3 is 10.1 Å². The summed E-state index contributed by atoms with van der Waals surface area (Å²) in [5, 5.41) is 8.52. The second kappa shape index (κ2) is 8.32. The molecule has 1 aliphatic heterocycles. The highest BCUT2D eigenvalue weighted by Crippen LogP contribution is 2.15. The summed E-state index contributed by atoms with van der Waals surface area (Å²) < 4.78 is 9.67. The molecule has 1 saturated heterocycles. The van der Waals surface area contributed by atoms with Crippen LogP contribution in [-0.2, 0) is 11.3 Å².